The fraction of sp³-hybridized carbons (Fsp3) is 0.500. The molecular weight excluding hydrogens is 332 g/mol. The molecule has 0 radical (unpaired) electrons. The molecule has 2 unspecified atom stereocenters. The Morgan fingerprint density at radius 2 is 2.04 bits per heavy atom. The predicted molar refractivity (Wildman–Crippen MR) is 88.3 cm³/mol. The van der Waals surface area contributed by atoms with Crippen molar-refractivity contribution in [1.29, 1.82) is 0 Å². The summed E-state index contributed by atoms with van der Waals surface area (Å²) in [6, 6.07) is 3.51. The number of nitro benzene ring substituents is 1. The molecule has 3 N–H and O–H groups in total. The van der Waals surface area contributed by atoms with Crippen LogP contribution in [0.3, 0.4) is 0 Å². The maximum absolute atomic E-state index is 11.5. The zero-order valence-corrected chi connectivity index (χ0v) is 14.3. The lowest BCUT2D eigenvalue weighted by atomic mass is 9.99. The van der Waals surface area contributed by atoms with Crippen LogP contribution in [0.5, 0.6) is 0 Å². The number of benzene rings is 1. The molecule has 0 aliphatic heterocycles. The Kier molecular flexibility index (Phi) is 7.01. The third-order valence-corrected chi connectivity index (χ3v) is 3.19. The van der Waals surface area contributed by atoms with Crippen molar-refractivity contribution in [2.75, 3.05) is 6.54 Å². The molecule has 0 spiro atoms. The molecule has 1 amide bonds. The van der Waals surface area contributed by atoms with Gasteiger partial charge in [-0.05, 0) is 44.9 Å². The number of carbonyl (C=O) groups is 2. The van der Waals surface area contributed by atoms with Crippen LogP contribution in [0.4, 0.5) is 10.5 Å². The first-order valence-electron chi connectivity index (χ1n) is 7.61. The normalized spacial score (nSPS) is 13.6. The van der Waals surface area contributed by atoms with Crippen molar-refractivity contribution >= 4 is 18.1 Å². The molecule has 0 saturated carbocycles. The highest BCUT2D eigenvalue weighted by molar-refractivity contribution is 5.81. The number of aldehydes is 1. The summed E-state index contributed by atoms with van der Waals surface area (Å²) < 4.78 is 5.03. The van der Waals surface area contributed by atoms with Crippen molar-refractivity contribution in [3.05, 3.63) is 39.4 Å². The van der Waals surface area contributed by atoms with Crippen LogP contribution >= 0.6 is 0 Å². The molecule has 0 fully saturated rings. The van der Waals surface area contributed by atoms with Gasteiger partial charge in [-0.25, -0.2) is 4.79 Å². The molecule has 9 heteroatoms. The highest BCUT2D eigenvalue weighted by Crippen LogP contribution is 2.24. The number of amides is 1. The second-order valence-electron chi connectivity index (χ2n) is 6.42. The van der Waals surface area contributed by atoms with Gasteiger partial charge in [0.15, 0.2) is 6.29 Å². The monoisotopic (exact) mass is 354 g/mol. The van der Waals surface area contributed by atoms with E-state index in [0.717, 1.165) is 12.1 Å². The van der Waals surface area contributed by atoms with Gasteiger partial charge >= 0.3 is 6.09 Å². The molecule has 1 rings (SSSR count). The average molecular weight is 354 g/mol. The second-order valence-corrected chi connectivity index (χ2v) is 6.42. The fourth-order valence-corrected chi connectivity index (χ4v) is 2.03. The van der Waals surface area contributed by atoms with Gasteiger partial charge in [0.25, 0.3) is 5.69 Å². The van der Waals surface area contributed by atoms with E-state index >= 15 is 0 Å². The van der Waals surface area contributed by atoms with Crippen LogP contribution in [-0.4, -0.2) is 45.8 Å². The quantitative estimate of drug-likeness (QED) is 0.385. The smallest absolute Gasteiger partial charge is 0.407 e. The van der Waals surface area contributed by atoms with Gasteiger partial charge in [0, 0.05) is 12.6 Å². The van der Waals surface area contributed by atoms with Crippen molar-refractivity contribution in [3.63, 3.8) is 0 Å². The molecular formula is C16H22N2O7. The number of carbonyl (C=O) groups excluding carboxylic acids is 2. The van der Waals surface area contributed by atoms with Crippen LogP contribution in [-0.2, 0) is 4.74 Å². The topological polar surface area (TPSA) is 139 Å². The van der Waals surface area contributed by atoms with Crippen LogP contribution in [0.2, 0.25) is 0 Å². The molecule has 0 saturated heterocycles. The number of nitrogens with zero attached hydrogens (tertiary/aromatic N) is 1. The largest absolute Gasteiger partial charge is 0.444 e. The van der Waals surface area contributed by atoms with E-state index in [2.05, 4.69) is 5.32 Å². The van der Waals surface area contributed by atoms with Crippen LogP contribution in [0.1, 0.15) is 49.2 Å². The Labute approximate surface area is 144 Å². The van der Waals surface area contributed by atoms with E-state index in [1.165, 1.54) is 6.07 Å². The van der Waals surface area contributed by atoms with Crippen molar-refractivity contribution in [3.8, 4) is 0 Å². The number of hydrogen-bond donors (Lipinski definition) is 3. The summed E-state index contributed by atoms with van der Waals surface area (Å²) in [5, 5.41) is 33.3. The van der Waals surface area contributed by atoms with E-state index in [0.29, 0.717) is 6.29 Å². The Bertz CT molecular complexity index is 640. The van der Waals surface area contributed by atoms with Gasteiger partial charge in [-0.3, -0.25) is 14.9 Å². The Hall–Kier alpha value is -2.52. The fourth-order valence-electron chi connectivity index (χ4n) is 2.03. The number of aliphatic hydroxyl groups excluding tert-OH is 2. The van der Waals surface area contributed by atoms with Crippen LogP contribution in [0, 0.1) is 10.1 Å². The molecule has 0 aliphatic rings. The van der Waals surface area contributed by atoms with Gasteiger partial charge in [-0.2, -0.15) is 0 Å². The summed E-state index contributed by atoms with van der Waals surface area (Å²) in [6.45, 7) is 5.19. The van der Waals surface area contributed by atoms with E-state index in [1.54, 1.807) is 20.8 Å². The Balaban J connectivity index is 2.64. The maximum atomic E-state index is 11.5. The van der Waals surface area contributed by atoms with E-state index in [4.69, 9.17) is 4.74 Å². The molecule has 1 aromatic rings. The minimum absolute atomic E-state index is 0.0216. The SMILES string of the molecule is CC(C)(C)OC(=O)NCCC(O)C(O)c1ccc([N+](=O)[O-])c(C=O)c1. The minimum atomic E-state index is -1.36. The summed E-state index contributed by atoms with van der Waals surface area (Å²) in [6.07, 6.45) is -2.91. The van der Waals surface area contributed by atoms with E-state index in [-0.39, 0.29) is 29.8 Å². The van der Waals surface area contributed by atoms with Gasteiger partial charge < -0.3 is 20.3 Å². The number of hydrogen-bond acceptors (Lipinski definition) is 7. The molecule has 0 bridgehead atoms. The predicted octanol–water partition coefficient (Wildman–Crippen LogP) is 1.72. The third-order valence-electron chi connectivity index (χ3n) is 3.19. The number of rotatable bonds is 7. The summed E-state index contributed by atoms with van der Waals surface area (Å²) in [4.78, 5) is 32.5. The molecule has 0 aliphatic carbocycles. The zero-order valence-electron chi connectivity index (χ0n) is 14.3. The number of nitrogens with one attached hydrogen (secondary N) is 1. The van der Waals surface area contributed by atoms with Crippen molar-refractivity contribution < 1.29 is 29.5 Å². The Morgan fingerprint density at radius 1 is 1.40 bits per heavy atom. The maximum Gasteiger partial charge on any atom is 0.407 e. The molecule has 9 nitrogen and oxygen atoms in total. The lowest BCUT2D eigenvalue weighted by Gasteiger charge is -2.21. The van der Waals surface area contributed by atoms with E-state index in [1.807, 2.05) is 0 Å². The molecule has 138 valence electrons. The van der Waals surface area contributed by atoms with Crippen LogP contribution < -0.4 is 5.32 Å². The lowest BCUT2D eigenvalue weighted by molar-refractivity contribution is -0.385. The van der Waals surface area contributed by atoms with E-state index in [9.17, 15) is 29.9 Å². The number of aliphatic hydroxyl groups is 2. The summed E-state index contributed by atoms with van der Waals surface area (Å²) in [5.74, 6) is 0. The molecule has 1 aromatic carbocycles. The Morgan fingerprint density at radius 3 is 2.56 bits per heavy atom. The van der Waals surface area contributed by atoms with Gasteiger partial charge in [0.1, 0.15) is 11.7 Å². The highest BCUT2D eigenvalue weighted by Gasteiger charge is 2.22. The summed E-state index contributed by atoms with van der Waals surface area (Å²) in [7, 11) is 0. The van der Waals surface area contributed by atoms with Gasteiger partial charge in [0.05, 0.1) is 16.6 Å². The third kappa shape index (κ3) is 6.48. The molecule has 2 atom stereocenters. The molecule has 0 heterocycles. The minimum Gasteiger partial charge on any atom is -0.444 e. The van der Waals surface area contributed by atoms with Crippen LogP contribution in [0.15, 0.2) is 18.2 Å². The first kappa shape index (κ1) is 20.5. The number of ether oxygens (including phenoxy) is 1. The second kappa shape index (κ2) is 8.54. The standard InChI is InChI=1S/C16H22N2O7/c1-16(2,3)25-15(22)17-7-6-13(20)14(21)10-4-5-12(18(23)24)11(8-10)9-19/h4-5,8-9,13-14,20-21H,6-7H2,1-3H3,(H,17,22). The summed E-state index contributed by atoms with van der Waals surface area (Å²) >= 11 is 0. The molecule has 0 aromatic heterocycles. The first-order chi connectivity index (χ1) is 11.5. The van der Waals surface area contributed by atoms with Crippen molar-refractivity contribution in [2.45, 2.75) is 45.0 Å². The van der Waals surface area contributed by atoms with Gasteiger partial charge in [-0.1, -0.05) is 0 Å². The highest BCUT2D eigenvalue weighted by atomic mass is 16.6. The zero-order chi connectivity index (χ0) is 19.2. The lowest BCUT2D eigenvalue weighted by Crippen LogP contribution is -2.34. The van der Waals surface area contributed by atoms with Crippen LogP contribution in [0.25, 0.3) is 0 Å². The average Bonchev–Trinajstić information content (AvgIpc) is 2.51. The van der Waals surface area contributed by atoms with Crippen molar-refractivity contribution in [2.24, 2.45) is 0 Å². The van der Waals surface area contributed by atoms with E-state index < -0.39 is 28.8 Å². The summed E-state index contributed by atoms with van der Waals surface area (Å²) in [5.41, 5.74) is -1.06. The number of alkyl carbamates (subject to hydrolysis) is 1. The number of nitro groups is 1. The van der Waals surface area contributed by atoms with Gasteiger partial charge in [0.2, 0.25) is 0 Å². The van der Waals surface area contributed by atoms with Crippen molar-refractivity contribution in [1.82, 2.24) is 5.32 Å². The molecule has 25 heavy (non-hydrogen) atoms. The first-order valence-corrected chi connectivity index (χ1v) is 7.61. The van der Waals surface area contributed by atoms with Gasteiger partial charge in [-0.15, -0.1) is 0 Å².